The molecule has 0 saturated carbocycles. The van der Waals surface area contributed by atoms with Crippen LogP contribution in [0, 0.1) is 0 Å². The van der Waals surface area contributed by atoms with Gasteiger partial charge in [0.15, 0.2) is 0 Å². The molecule has 1 amide bonds. The molecule has 2 aromatic carbocycles. The van der Waals surface area contributed by atoms with Gasteiger partial charge in [-0.15, -0.1) is 0 Å². The molecule has 2 aromatic rings. The molecule has 0 heterocycles. The highest BCUT2D eigenvalue weighted by Crippen LogP contribution is 2.22. The molecule has 0 radical (unpaired) electrons. The molecular weight excluding hydrogens is 323 g/mol. The Balaban J connectivity index is 1.82. The van der Waals surface area contributed by atoms with Crippen molar-refractivity contribution < 1.29 is 9.53 Å². The molecule has 0 aliphatic rings. The van der Waals surface area contributed by atoms with Crippen LogP contribution in [0.3, 0.4) is 0 Å². The lowest BCUT2D eigenvalue weighted by molar-refractivity contribution is -0.119. The van der Waals surface area contributed by atoms with Crippen molar-refractivity contribution in [1.29, 1.82) is 0 Å². The molecule has 6 heteroatoms. The molecule has 0 spiro atoms. The van der Waals surface area contributed by atoms with Crippen molar-refractivity contribution in [3.05, 3.63) is 58.1 Å². The third kappa shape index (κ3) is 5.13. The van der Waals surface area contributed by atoms with Crippen LogP contribution < -0.4 is 15.4 Å². The second-order valence-electron chi connectivity index (χ2n) is 4.64. The summed E-state index contributed by atoms with van der Waals surface area (Å²) in [5.41, 5.74) is 1.67. The number of hydrogen-bond acceptors (Lipinski definition) is 3. The van der Waals surface area contributed by atoms with Crippen LogP contribution in [0.1, 0.15) is 5.56 Å². The van der Waals surface area contributed by atoms with Crippen molar-refractivity contribution in [3.8, 4) is 5.75 Å². The Morgan fingerprint density at radius 1 is 1.14 bits per heavy atom. The van der Waals surface area contributed by atoms with Gasteiger partial charge in [-0.25, -0.2) is 0 Å². The second-order valence-corrected chi connectivity index (χ2v) is 5.51. The van der Waals surface area contributed by atoms with Crippen LogP contribution in [0.5, 0.6) is 5.75 Å². The van der Waals surface area contributed by atoms with Gasteiger partial charge in [-0.1, -0.05) is 35.3 Å². The van der Waals surface area contributed by atoms with Crippen molar-refractivity contribution in [2.75, 3.05) is 19.0 Å². The van der Waals surface area contributed by atoms with E-state index in [1.54, 1.807) is 25.3 Å². The fourth-order valence-corrected chi connectivity index (χ4v) is 2.41. The van der Waals surface area contributed by atoms with E-state index in [-0.39, 0.29) is 12.5 Å². The Hall–Kier alpha value is -1.91. The first-order valence-electron chi connectivity index (χ1n) is 6.66. The number of anilines is 1. The minimum Gasteiger partial charge on any atom is -0.497 e. The molecule has 2 N–H and O–H groups in total. The maximum absolute atomic E-state index is 11.8. The summed E-state index contributed by atoms with van der Waals surface area (Å²) in [5.74, 6) is 0.636. The van der Waals surface area contributed by atoms with Crippen molar-refractivity contribution >= 4 is 34.8 Å². The summed E-state index contributed by atoms with van der Waals surface area (Å²) in [4.78, 5) is 11.8. The van der Waals surface area contributed by atoms with E-state index in [2.05, 4.69) is 10.6 Å². The summed E-state index contributed by atoms with van der Waals surface area (Å²) in [7, 11) is 1.61. The first kappa shape index (κ1) is 16.5. The van der Waals surface area contributed by atoms with Crippen LogP contribution in [0.15, 0.2) is 42.5 Å². The van der Waals surface area contributed by atoms with Gasteiger partial charge in [0.05, 0.1) is 13.7 Å². The van der Waals surface area contributed by atoms with Gasteiger partial charge in [-0.3, -0.25) is 4.79 Å². The number of hydrogen-bond donors (Lipinski definition) is 2. The summed E-state index contributed by atoms with van der Waals surface area (Å²) in [6.45, 7) is 0.578. The van der Waals surface area contributed by atoms with Crippen molar-refractivity contribution in [3.63, 3.8) is 0 Å². The lowest BCUT2D eigenvalue weighted by Crippen LogP contribution is -2.29. The van der Waals surface area contributed by atoms with E-state index in [4.69, 9.17) is 27.9 Å². The molecule has 0 bridgehead atoms. The van der Waals surface area contributed by atoms with E-state index in [0.717, 1.165) is 11.3 Å². The monoisotopic (exact) mass is 338 g/mol. The van der Waals surface area contributed by atoms with Gasteiger partial charge in [0.1, 0.15) is 5.75 Å². The summed E-state index contributed by atoms with van der Waals surface area (Å²) in [6.07, 6.45) is 0. The van der Waals surface area contributed by atoms with Gasteiger partial charge in [0, 0.05) is 22.3 Å². The van der Waals surface area contributed by atoms with Gasteiger partial charge in [-0.05, 0) is 35.9 Å². The van der Waals surface area contributed by atoms with E-state index in [0.29, 0.717) is 22.3 Å². The maximum Gasteiger partial charge on any atom is 0.239 e. The van der Waals surface area contributed by atoms with Gasteiger partial charge in [-0.2, -0.15) is 0 Å². The van der Waals surface area contributed by atoms with Gasteiger partial charge in [0.25, 0.3) is 0 Å². The van der Waals surface area contributed by atoms with E-state index < -0.39 is 0 Å². The quantitative estimate of drug-likeness (QED) is 0.843. The minimum atomic E-state index is -0.126. The molecule has 116 valence electrons. The molecule has 4 nitrogen and oxygen atoms in total. The minimum absolute atomic E-state index is 0.126. The zero-order chi connectivity index (χ0) is 15.9. The SMILES string of the molecule is COc1cccc(CNC(=O)CNc2cc(Cl)cc(Cl)c2)c1. The number of carbonyl (C=O) groups is 1. The van der Waals surface area contributed by atoms with Crippen molar-refractivity contribution in [1.82, 2.24) is 5.32 Å². The number of ether oxygens (including phenoxy) is 1. The van der Waals surface area contributed by atoms with Crippen molar-refractivity contribution in [2.24, 2.45) is 0 Å². The molecule has 0 aromatic heterocycles. The zero-order valence-corrected chi connectivity index (χ0v) is 13.5. The predicted molar refractivity (Wildman–Crippen MR) is 89.8 cm³/mol. The largest absolute Gasteiger partial charge is 0.497 e. The van der Waals surface area contributed by atoms with Gasteiger partial charge < -0.3 is 15.4 Å². The number of rotatable bonds is 6. The highest BCUT2D eigenvalue weighted by Gasteiger charge is 2.03. The van der Waals surface area contributed by atoms with E-state index in [9.17, 15) is 4.79 Å². The lowest BCUT2D eigenvalue weighted by atomic mass is 10.2. The molecular formula is C16H16Cl2N2O2. The predicted octanol–water partition coefficient (Wildman–Crippen LogP) is 3.73. The molecule has 0 aliphatic carbocycles. The smallest absolute Gasteiger partial charge is 0.239 e. The number of methoxy groups -OCH3 is 1. The Kier molecular flexibility index (Phi) is 5.92. The van der Waals surface area contributed by atoms with E-state index in [1.165, 1.54) is 0 Å². The third-order valence-electron chi connectivity index (χ3n) is 2.94. The number of nitrogens with one attached hydrogen (secondary N) is 2. The highest BCUT2D eigenvalue weighted by atomic mass is 35.5. The molecule has 22 heavy (non-hydrogen) atoms. The second kappa shape index (κ2) is 7.92. The summed E-state index contributed by atoms with van der Waals surface area (Å²) < 4.78 is 5.14. The standard InChI is InChI=1S/C16H16Cl2N2O2/c1-22-15-4-2-3-11(5-15)9-20-16(21)10-19-14-7-12(17)6-13(18)8-14/h2-8,19H,9-10H2,1H3,(H,20,21). The van der Waals surface area contributed by atoms with Gasteiger partial charge >= 0.3 is 0 Å². The average Bonchev–Trinajstić information content (AvgIpc) is 2.50. The zero-order valence-electron chi connectivity index (χ0n) is 12.0. The Bertz CT molecular complexity index is 642. The maximum atomic E-state index is 11.8. The number of carbonyl (C=O) groups excluding carboxylic acids is 1. The van der Waals surface area contributed by atoms with Crippen molar-refractivity contribution in [2.45, 2.75) is 6.54 Å². The summed E-state index contributed by atoms with van der Waals surface area (Å²) in [5, 5.41) is 6.85. The first-order valence-corrected chi connectivity index (χ1v) is 7.42. The number of halogens is 2. The van der Waals surface area contributed by atoms with Crippen LogP contribution >= 0.6 is 23.2 Å². The summed E-state index contributed by atoms with van der Waals surface area (Å²) in [6, 6.07) is 12.6. The Morgan fingerprint density at radius 3 is 2.55 bits per heavy atom. The van der Waals surface area contributed by atoms with Crippen LogP contribution in [0.25, 0.3) is 0 Å². The van der Waals surface area contributed by atoms with Crippen LogP contribution in [0.2, 0.25) is 10.0 Å². The molecule has 0 fully saturated rings. The van der Waals surface area contributed by atoms with E-state index in [1.807, 2.05) is 24.3 Å². The summed E-state index contributed by atoms with van der Waals surface area (Å²) >= 11 is 11.8. The lowest BCUT2D eigenvalue weighted by Gasteiger charge is -2.09. The normalized spacial score (nSPS) is 10.1. The van der Waals surface area contributed by atoms with E-state index >= 15 is 0 Å². The topological polar surface area (TPSA) is 50.4 Å². The van der Waals surface area contributed by atoms with Crippen LogP contribution in [-0.2, 0) is 11.3 Å². The molecule has 0 unspecified atom stereocenters. The first-order chi connectivity index (χ1) is 10.6. The Labute approximate surface area is 139 Å². The highest BCUT2D eigenvalue weighted by molar-refractivity contribution is 6.35. The fraction of sp³-hybridized carbons (Fsp3) is 0.188. The van der Waals surface area contributed by atoms with Gasteiger partial charge in [0.2, 0.25) is 5.91 Å². The Morgan fingerprint density at radius 2 is 1.86 bits per heavy atom. The molecule has 2 rings (SSSR count). The molecule has 0 saturated heterocycles. The van der Waals surface area contributed by atoms with Crippen LogP contribution in [-0.4, -0.2) is 19.6 Å². The number of amides is 1. The number of benzene rings is 2. The molecule has 0 atom stereocenters. The van der Waals surface area contributed by atoms with Crippen LogP contribution in [0.4, 0.5) is 5.69 Å². The third-order valence-corrected chi connectivity index (χ3v) is 3.38. The average molecular weight is 339 g/mol. The fourth-order valence-electron chi connectivity index (χ4n) is 1.88. The molecule has 0 aliphatic heterocycles.